The number of aliphatic imine (C=N–C) groups is 2. The van der Waals surface area contributed by atoms with Crippen molar-refractivity contribution in [2.45, 2.75) is 115 Å². The summed E-state index contributed by atoms with van der Waals surface area (Å²) in [7, 11) is 0. The van der Waals surface area contributed by atoms with Gasteiger partial charge >= 0.3 is 0 Å². The SMILES string of the molecule is CC1(C)CC(N(C(=Nc2ccc(F)nc2)NC#N)N(C(=Nc2ccc(Cl)nc2)NC#N)C2CC(C)(C)N(O)C(C)(C)C2)CC(C)(C)N1O. The summed E-state index contributed by atoms with van der Waals surface area (Å²) in [4.78, 5) is 17.5. The average molecular weight is 683 g/mol. The lowest BCUT2D eigenvalue weighted by Gasteiger charge is -2.58. The molecule has 2 aliphatic heterocycles. The van der Waals surface area contributed by atoms with Crippen molar-refractivity contribution in [1.29, 1.82) is 10.5 Å². The van der Waals surface area contributed by atoms with Gasteiger partial charge < -0.3 is 10.4 Å². The second-order valence-electron chi connectivity index (χ2n) is 14.7. The number of hydroxylamine groups is 4. The van der Waals surface area contributed by atoms with Crippen molar-refractivity contribution in [3.05, 3.63) is 47.8 Å². The molecule has 0 spiro atoms. The van der Waals surface area contributed by atoms with E-state index in [-0.39, 0.29) is 22.8 Å². The molecule has 2 aromatic heterocycles. The molecule has 0 unspecified atom stereocenters. The molecule has 48 heavy (non-hydrogen) atoms. The predicted molar refractivity (Wildman–Crippen MR) is 178 cm³/mol. The zero-order valence-electron chi connectivity index (χ0n) is 28.6. The van der Waals surface area contributed by atoms with Crippen LogP contribution in [0.2, 0.25) is 5.15 Å². The van der Waals surface area contributed by atoms with Gasteiger partial charge in [0.25, 0.3) is 0 Å². The molecular weight excluding hydrogens is 639 g/mol. The highest BCUT2D eigenvalue weighted by Crippen LogP contribution is 2.43. The Kier molecular flexibility index (Phi) is 10.5. The number of pyridine rings is 2. The smallest absolute Gasteiger partial charge is 0.232 e. The summed E-state index contributed by atoms with van der Waals surface area (Å²) in [5, 5.41) is 54.7. The van der Waals surface area contributed by atoms with E-state index in [1.54, 1.807) is 22.2 Å². The number of hydrogen-bond acceptors (Lipinski definition) is 10. The topological polar surface area (TPSA) is 176 Å². The van der Waals surface area contributed by atoms with Crippen LogP contribution >= 0.6 is 11.6 Å². The highest BCUT2D eigenvalue weighted by molar-refractivity contribution is 6.29. The van der Waals surface area contributed by atoms with Crippen molar-refractivity contribution in [2.24, 2.45) is 9.98 Å². The molecule has 0 atom stereocenters. The lowest BCUT2D eigenvalue weighted by Crippen LogP contribution is -2.72. The van der Waals surface area contributed by atoms with Gasteiger partial charge in [-0.25, -0.2) is 30.0 Å². The number of guanidine groups is 2. The number of nitrogens with one attached hydrogen (secondary N) is 2. The molecule has 0 radical (unpaired) electrons. The molecule has 258 valence electrons. The van der Waals surface area contributed by atoms with Gasteiger partial charge in [0.15, 0.2) is 12.4 Å². The van der Waals surface area contributed by atoms with Crippen LogP contribution in [-0.2, 0) is 0 Å². The molecule has 2 saturated heterocycles. The Bertz CT molecular complexity index is 1440. The van der Waals surface area contributed by atoms with Crippen LogP contribution in [0.3, 0.4) is 0 Å². The molecule has 16 heteroatoms. The number of halogens is 2. The van der Waals surface area contributed by atoms with Crippen LogP contribution in [0.25, 0.3) is 0 Å². The number of nitrogens with zero attached hydrogens (tertiary/aromatic N) is 10. The molecule has 2 aromatic rings. The molecule has 4 N–H and O–H groups in total. The molecule has 2 fully saturated rings. The number of rotatable bonds is 4. The van der Waals surface area contributed by atoms with Gasteiger partial charge in [-0.05, 0) is 105 Å². The maximum Gasteiger partial charge on any atom is 0.232 e. The van der Waals surface area contributed by atoms with Crippen LogP contribution in [0.15, 0.2) is 46.6 Å². The van der Waals surface area contributed by atoms with Gasteiger partial charge in [0.05, 0.1) is 35.9 Å². The third-order valence-corrected chi connectivity index (χ3v) is 9.04. The zero-order valence-corrected chi connectivity index (χ0v) is 29.3. The van der Waals surface area contributed by atoms with E-state index < -0.39 is 40.2 Å². The summed E-state index contributed by atoms with van der Waals surface area (Å²) < 4.78 is 13.8. The molecule has 0 amide bonds. The minimum absolute atomic E-state index is 0.0533. The van der Waals surface area contributed by atoms with E-state index in [9.17, 15) is 25.3 Å². The van der Waals surface area contributed by atoms with Gasteiger partial charge in [-0.3, -0.25) is 10.6 Å². The first kappa shape index (κ1) is 36.7. The molecule has 2 aliphatic rings. The van der Waals surface area contributed by atoms with Crippen molar-refractivity contribution in [3.63, 3.8) is 0 Å². The maximum absolute atomic E-state index is 13.8. The van der Waals surface area contributed by atoms with Gasteiger partial charge in [-0.15, -0.1) is 0 Å². The van der Waals surface area contributed by atoms with E-state index >= 15 is 0 Å². The third-order valence-electron chi connectivity index (χ3n) is 8.82. The minimum Gasteiger partial charge on any atom is -0.313 e. The molecule has 0 aliphatic carbocycles. The normalized spacial score (nSPS) is 21.5. The van der Waals surface area contributed by atoms with Crippen LogP contribution in [0, 0.1) is 28.9 Å². The largest absolute Gasteiger partial charge is 0.313 e. The fourth-order valence-corrected chi connectivity index (χ4v) is 7.28. The van der Waals surface area contributed by atoms with Crippen LogP contribution in [0.1, 0.15) is 81.1 Å². The first-order valence-corrected chi connectivity index (χ1v) is 16.0. The van der Waals surface area contributed by atoms with E-state index in [0.717, 1.165) is 0 Å². The van der Waals surface area contributed by atoms with Crippen LogP contribution in [0.5, 0.6) is 0 Å². The first-order valence-electron chi connectivity index (χ1n) is 15.6. The van der Waals surface area contributed by atoms with Crippen LogP contribution in [-0.4, -0.2) is 86.7 Å². The first-order chi connectivity index (χ1) is 22.3. The fraction of sp³-hybridized carbons (Fsp3) is 0.562. The summed E-state index contributed by atoms with van der Waals surface area (Å²) in [6.45, 7) is 15.4. The van der Waals surface area contributed by atoms with Gasteiger partial charge in [0, 0.05) is 22.2 Å². The number of aromatic nitrogens is 2. The molecule has 0 bridgehead atoms. The lowest BCUT2D eigenvalue weighted by molar-refractivity contribution is -0.264. The third kappa shape index (κ3) is 7.94. The van der Waals surface area contributed by atoms with E-state index in [4.69, 9.17) is 21.6 Å². The van der Waals surface area contributed by atoms with Crippen LogP contribution in [0.4, 0.5) is 15.8 Å². The average Bonchev–Trinajstić information content (AvgIpc) is 2.98. The standard InChI is InChI=1S/C32H44ClFN12O2/c1-29(2)13-23(14-30(3,4)45(29)47)43(27(39-19-35)41-21-9-11-25(33)37-17-21)44(24-15-31(5,6)46(48)32(7,8)16-24)28(40-20-36)42-22-10-12-26(34)38-18-22/h9-12,17-18,23-24,47-48H,13-16H2,1-8H3,(H,39,41)(H,40,42). The molecule has 0 saturated carbocycles. The summed E-state index contributed by atoms with van der Waals surface area (Å²) in [5.74, 6) is -0.542. The number of hydrazine groups is 1. The number of nitriles is 2. The second-order valence-corrected chi connectivity index (χ2v) is 15.1. The fourth-order valence-electron chi connectivity index (χ4n) is 7.17. The Balaban J connectivity index is 2.06. The highest BCUT2D eigenvalue weighted by Gasteiger charge is 2.53. The zero-order chi connectivity index (χ0) is 35.7. The molecule has 14 nitrogen and oxygen atoms in total. The Labute approximate surface area is 286 Å². The van der Waals surface area contributed by atoms with Gasteiger partial charge in [-0.1, -0.05) is 11.6 Å². The van der Waals surface area contributed by atoms with Crippen molar-refractivity contribution in [2.75, 3.05) is 0 Å². The van der Waals surface area contributed by atoms with Gasteiger partial charge in [-0.2, -0.15) is 25.0 Å². The second kappa shape index (κ2) is 13.8. The Hall–Kier alpha value is -4.12. The van der Waals surface area contributed by atoms with Crippen molar-refractivity contribution < 1.29 is 14.8 Å². The highest BCUT2D eigenvalue weighted by atomic mass is 35.5. The Morgan fingerprint density at radius 3 is 1.46 bits per heavy atom. The summed E-state index contributed by atoms with van der Waals surface area (Å²) >= 11 is 6.07. The predicted octanol–water partition coefficient (Wildman–Crippen LogP) is 5.43. The van der Waals surface area contributed by atoms with Gasteiger partial charge in [0.1, 0.15) is 5.15 Å². The van der Waals surface area contributed by atoms with Crippen molar-refractivity contribution in [3.8, 4) is 12.4 Å². The van der Waals surface area contributed by atoms with Crippen molar-refractivity contribution in [1.82, 2.24) is 40.7 Å². The number of piperidine rings is 2. The van der Waals surface area contributed by atoms with Crippen molar-refractivity contribution >= 4 is 34.9 Å². The summed E-state index contributed by atoms with van der Waals surface area (Å²) in [6.07, 6.45) is 8.26. The maximum atomic E-state index is 13.8. The number of hydrogen-bond donors (Lipinski definition) is 4. The van der Waals surface area contributed by atoms with E-state index in [0.29, 0.717) is 31.4 Å². The van der Waals surface area contributed by atoms with E-state index in [1.807, 2.05) is 67.8 Å². The van der Waals surface area contributed by atoms with E-state index in [1.165, 1.54) is 34.7 Å². The molecular formula is C32H44ClFN12O2. The molecule has 4 heterocycles. The summed E-state index contributed by atoms with van der Waals surface area (Å²) in [5.41, 5.74) is -2.35. The Morgan fingerprint density at radius 2 is 1.15 bits per heavy atom. The minimum atomic E-state index is -0.751. The Morgan fingerprint density at radius 1 is 0.771 bits per heavy atom. The van der Waals surface area contributed by atoms with Gasteiger partial charge in [0.2, 0.25) is 17.9 Å². The monoisotopic (exact) mass is 682 g/mol. The van der Waals surface area contributed by atoms with Crippen LogP contribution < -0.4 is 10.6 Å². The van der Waals surface area contributed by atoms with E-state index in [2.05, 4.69) is 20.6 Å². The quantitative estimate of drug-likeness (QED) is 0.0805. The molecule has 0 aromatic carbocycles. The lowest BCUT2D eigenvalue weighted by atomic mass is 9.77. The summed E-state index contributed by atoms with van der Waals surface area (Å²) in [6, 6.07) is 4.93. The molecule has 4 rings (SSSR count).